The van der Waals surface area contributed by atoms with E-state index in [9.17, 15) is 9.59 Å². The number of halogens is 1. The third kappa shape index (κ3) is 6.55. The van der Waals surface area contributed by atoms with Crippen molar-refractivity contribution < 1.29 is 14.3 Å². The minimum Gasteiger partial charge on any atom is -0.484 e. The minimum absolute atomic E-state index is 0. The number of ether oxygens (including phenoxy) is 1. The summed E-state index contributed by atoms with van der Waals surface area (Å²) in [5, 5.41) is 6.17. The maximum Gasteiger partial charge on any atom is 0.255 e. The number of carbonyl (C=O) groups is 2. The summed E-state index contributed by atoms with van der Waals surface area (Å²) in [5.41, 5.74) is 5.70. The van der Waals surface area contributed by atoms with Gasteiger partial charge in [-0.2, -0.15) is 11.8 Å². The number of thioether (sulfide) groups is 1. The Bertz CT molecular complexity index is 493. The Labute approximate surface area is 139 Å². The molecule has 4 N–H and O–H groups in total. The number of hydrogen-bond acceptors (Lipinski definition) is 5. The van der Waals surface area contributed by atoms with Gasteiger partial charge in [0, 0.05) is 36.2 Å². The van der Waals surface area contributed by atoms with Crippen molar-refractivity contribution in [1.29, 1.82) is 0 Å². The van der Waals surface area contributed by atoms with E-state index in [0.29, 0.717) is 17.9 Å². The van der Waals surface area contributed by atoms with Gasteiger partial charge in [0.2, 0.25) is 5.91 Å². The van der Waals surface area contributed by atoms with Gasteiger partial charge in [0.25, 0.3) is 5.91 Å². The van der Waals surface area contributed by atoms with Crippen molar-refractivity contribution in [3.8, 4) is 5.75 Å². The van der Waals surface area contributed by atoms with Crippen LogP contribution in [0.2, 0.25) is 0 Å². The fraction of sp³-hybridized carbons (Fsp3) is 0.429. The number of amides is 2. The first-order chi connectivity index (χ1) is 10.1. The van der Waals surface area contributed by atoms with E-state index in [2.05, 4.69) is 10.6 Å². The molecular formula is C14H20ClN3O3S. The molecule has 1 atom stereocenters. The zero-order valence-corrected chi connectivity index (χ0v) is 13.7. The zero-order chi connectivity index (χ0) is 15.1. The second-order valence-electron chi connectivity index (χ2n) is 4.76. The summed E-state index contributed by atoms with van der Waals surface area (Å²) in [5.74, 6) is 2.07. The van der Waals surface area contributed by atoms with E-state index in [0.717, 1.165) is 18.1 Å². The molecular weight excluding hydrogens is 326 g/mol. The standard InChI is InChI=1S/C14H19N3O3S.ClH/c15-13(18)8-20-12-3-1-10(2-4-12)17-14(19)7-11-9-21-6-5-16-11;/h1-4,11,16H,5-9H2,(H2,15,18)(H,17,19);1H. The third-order valence-corrected chi connectivity index (χ3v) is 4.08. The SMILES string of the molecule is Cl.NC(=O)COc1ccc(NC(=O)CC2CSCCN2)cc1. The quantitative estimate of drug-likeness (QED) is 0.715. The third-order valence-electron chi connectivity index (χ3n) is 2.95. The number of benzene rings is 1. The molecule has 1 aliphatic rings. The first-order valence-electron chi connectivity index (χ1n) is 6.75. The van der Waals surface area contributed by atoms with Crippen LogP contribution in [0.3, 0.4) is 0 Å². The first-order valence-corrected chi connectivity index (χ1v) is 7.91. The molecule has 1 fully saturated rings. The molecule has 0 aliphatic carbocycles. The summed E-state index contributed by atoms with van der Waals surface area (Å²) in [4.78, 5) is 22.5. The highest BCUT2D eigenvalue weighted by atomic mass is 35.5. The highest BCUT2D eigenvalue weighted by Crippen LogP contribution is 2.16. The Morgan fingerprint density at radius 3 is 2.68 bits per heavy atom. The Morgan fingerprint density at radius 1 is 1.36 bits per heavy atom. The zero-order valence-electron chi connectivity index (χ0n) is 12.0. The lowest BCUT2D eigenvalue weighted by Gasteiger charge is -2.22. The average Bonchev–Trinajstić information content (AvgIpc) is 2.47. The fourth-order valence-electron chi connectivity index (χ4n) is 1.98. The molecule has 122 valence electrons. The van der Waals surface area contributed by atoms with Crippen LogP contribution in [0.5, 0.6) is 5.75 Å². The van der Waals surface area contributed by atoms with E-state index in [-0.39, 0.29) is 31.0 Å². The summed E-state index contributed by atoms with van der Waals surface area (Å²) in [6.45, 7) is 0.797. The summed E-state index contributed by atoms with van der Waals surface area (Å²) in [6, 6.07) is 7.08. The summed E-state index contributed by atoms with van der Waals surface area (Å²) >= 11 is 1.86. The van der Waals surface area contributed by atoms with Crippen molar-refractivity contribution in [2.24, 2.45) is 5.73 Å². The number of carbonyl (C=O) groups excluding carboxylic acids is 2. The normalized spacial score (nSPS) is 17.2. The lowest BCUT2D eigenvalue weighted by Crippen LogP contribution is -2.39. The molecule has 0 bridgehead atoms. The van der Waals surface area contributed by atoms with Crippen LogP contribution in [0.4, 0.5) is 5.69 Å². The summed E-state index contributed by atoms with van der Waals surface area (Å²) in [6.07, 6.45) is 0.465. The van der Waals surface area contributed by atoms with Gasteiger partial charge in [0.1, 0.15) is 5.75 Å². The van der Waals surface area contributed by atoms with Crippen LogP contribution in [0, 0.1) is 0 Å². The van der Waals surface area contributed by atoms with Gasteiger partial charge in [-0.15, -0.1) is 12.4 Å². The molecule has 8 heteroatoms. The highest BCUT2D eigenvalue weighted by molar-refractivity contribution is 7.99. The van der Waals surface area contributed by atoms with Gasteiger partial charge in [0.05, 0.1) is 0 Å². The van der Waals surface area contributed by atoms with E-state index < -0.39 is 5.91 Å². The molecule has 2 rings (SSSR count). The maximum atomic E-state index is 11.9. The van der Waals surface area contributed by atoms with Crippen LogP contribution in [-0.2, 0) is 9.59 Å². The van der Waals surface area contributed by atoms with E-state index in [4.69, 9.17) is 10.5 Å². The molecule has 0 saturated carbocycles. The van der Waals surface area contributed by atoms with E-state index >= 15 is 0 Å². The second-order valence-corrected chi connectivity index (χ2v) is 5.91. The van der Waals surface area contributed by atoms with Gasteiger partial charge in [-0.05, 0) is 24.3 Å². The van der Waals surface area contributed by atoms with Gasteiger partial charge >= 0.3 is 0 Å². The highest BCUT2D eigenvalue weighted by Gasteiger charge is 2.16. The van der Waals surface area contributed by atoms with Crippen molar-refractivity contribution in [2.75, 3.05) is 30.0 Å². The number of anilines is 1. The molecule has 0 radical (unpaired) electrons. The molecule has 0 aromatic heterocycles. The number of primary amides is 1. The molecule has 6 nitrogen and oxygen atoms in total. The van der Waals surface area contributed by atoms with Gasteiger partial charge in [-0.3, -0.25) is 9.59 Å². The van der Waals surface area contributed by atoms with Crippen LogP contribution in [0.25, 0.3) is 0 Å². The van der Waals surface area contributed by atoms with Crippen LogP contribution in [0.15, 0.2) is 24.3 Å². The molecule has 1 heterocycles. The predicted octanol–water partition coefficient (Wildman–Crippen LogP) is 1.01. The topological polar surface area (TPSA) is 93.5 Å². The molecule has 0 spiro atoms. The minimum atomic E-state index is -0.523. The van der Waals surface area contributed by atoms with E-state index in [1.807, 2.05) is 11.8 Å². The molecule has 2 amide bonds. The maximum absolute atomic E-state index is 11.9. The summed E-state index contributed by atoms with van der Waals surface area (Å²) in [7, 11) is 0. The van der Waals surface area contributed by atoms with Gasteiger partial charge in [0.15, 0.2) is 6.61 Å². The second kappa shape index (κ2) is 9.55. The molecule has 1 aromatic rings. The Balaban J connectivity index is 0.00000242. The largest absolute Gasteiger partial charge is 0.484 e. The van der Waals surface area contributed by atoms with Crippen molar-refractivity contribution in [2.45, 2.75) is 12.5 Å². The Morgan fingerprint density at radius 2 is 2.09 bits per heavy atom. The number of hydrogen-bond donors (Lipinski definition) is 3. The molecule has 1 unspecified atom stereocenters. The smallest absolute Gasteiger partial charge is 0.255 e. The van der Waals surface area contributed by atoms with E-state index in [1.165, 1.54) is 0 Å². The molecule has 1 aliphatic heterocycles. The molecule has 22 heavy (non-hydrogen) atoms. The van der Waals surface area contributed by atoms with Crippen molar-refractivity contribution >= 4 is 41.7 Å². The van der Waals surface area contributed by atoms with Crippen molar-refractivity contribution in [3.05, 3.63) is 24.3 Å². The lowest BCUT2D eigenvalue weighted by atomic mass is 10.2. The monoisotopic (exact) mass is 345 g/mol. The summed E-state index contributed by atoms with van der Waals surface area (Å²) < 4.78 is 5.15. The Hall–Kier alpha value is -1.44. The van der Waals surface area contributed by atoms with Gasteiger partial charge in [-0.1, -0.05) is 0 Å². The fourth-order valence-corrected chi connectivity index (χ4v) is 2.92. The number of rotatable bonds is 6. The predicted molar refractivity (Wildman–Crippen MR) is 90.7 cm³/mol. The number of nitrogens with one attached hydrogen (secondary N) is 2. The van der Waals surface area contributed by atoms with Crippen molar-refractivity contribution in [1.82, 2.24) is 5.32 Å². The van der Waals surface area contributed by atoms with Crippen molar-refractivity contribution in [3.63, 3.8) is 0 Å². The average molecular weight is 346 g/mol. The van der Waals surface area contributed by atoms with Gasteiger partial charge in [-0.25, -0.2) is 0 Å². The van der Waals surface area contributed by atoms with E-state index in [1.54, 1.807) is 24.3 Å². The first kappa shape index (κ1) is 18.6. The molecule has 1 aromatic carbocycles. The van der Waals surface area contributed by atoms with Crippen LogP contribution in [0.1, 0.15) is 6.42 Å². The lowest BCUT2D eigenvalue weighted by molar-refractivity contribution is -0.120. The van der Waals surface area contributed by atoms with Crippen LogP contribution < -0.4 is 21.1 Å². The molecule has 1 saturated heterocycles. The number of nitrogens with two attached hydrogens (primary N) is 1. The van der Waals surface area contributed by atoms with Crippen LogP contribution in [-0.4, -0.2) is 42.5 Å². The van der Waals surface area contributed by atoms with Gasteiger partial charge < -0.3 is 21.1 Å². The van der Waals surface area contributed by atoms with Crippen LogP contribution >= 0.6 is 24.2 Å². The Kier molecular flexibility index (Phi) is 8.08.